The second-order valence-electron chi connectivity index (χ2n) is 7.19. The average molecular weight is 343 g/mol. The van der Waals surface area contributed by atoms with Crippen molar-refractivity contribution in [1.29, 1.82) is 0 Å². The Balaban J connectivity index is 1.75. The molecular formula is C19H25N3O3. The molecular weight excluding hydrogens is 318 g/mol. The number of carbonyl (C=O) groups excluding carboxylic acids is 1. The number of nitrogens with zero attached hydrogens (tertiary/aromatic N) is 3. The lowest BCUT2D eigenvalue weighted by Gasteiger charge is -2.17. The zero-order valence-electron chi connectivity index (χ0n) is 15.1. The highest BCUT2D eigenvalue weighted by Crippen LogP contribution is 2.23. The van der Waals surface area contributed by atoms with Crippen molar-refractivity contribution in [2.75, 3.05) is 13.1 Å². The van der Waals surface area contributed by atoms with Gasteiger partial charge in [-0.25, -0.2) is 9.78 Å². The second kappa shape index (κ2) is 7.25. The highest BCUT2D eigenvalue weighted by molar-refractivity contribution is 5.95. The predicted molar refractivity (Wildman–Crippen MR) is 94.7 cm³/mol. The van der Waals surface area contributed by atoms with Gasteiger partial charge in [0.1, 0.15) is 11.3 Å². The summed E-state index contributed by atoms with van der Waals surface area (Å²) >= 11 is 0. The SMILES string of the molecule is Cc1cc(CCC(C)C)oc(=O)c1C(=O)N1CCC(n2ccnc2)C1. The monoisotopic (exact) mass is 343 g/mol. The zero-order chi connectivity index (χ0) is 18.0. The van der Waals surface area contributed by atoms with Crippen LogP contribution in [-0.4, -0.2) is 33.4 Å². The third-order valence-corrected chi connectivity index (χ3v) is 4.78. The van der Waals surface area contributed by atoms with Crippen molar-refractivity contribution < 1.29 is 9.21 Å². The van der Waals surface area contributed by atoms with Crippen molar-refractivity contribution in [2.24, 2.45) is 5.92 Å². The maximum absolute atomic E-state index is 12.8. The molecule has 0 aliphatic carbocycles. The molecule has 6 heteroatoms. The van der Waals surface area contributed by atoms with Crippen LogP contribution in [0.25, 0.3) is 0 Å². The summed E-state index contributed by atoms with van der Waals surface area (Å²) in [7, 11) is 0. The average Bonchev–Trinajstić information content (AvgIpc) is 3.23. The summed E-state index contributed by atoms with van der Waals surface area (Å²) in [5.74, 6) is 0.964. The van der Waals surface area contributed by atoms with Gasteiger partial charge in [0, 0.05) is 31.9 Å². The summed E-state index contributed by atoms with van der Waals surface area (Å²) in [6, 6.07) is 2.05. The lowest BCUT2D eigenvalue weighted by molar-refractivity contribution is 0.0782. The fourth-order valence-electron chi connectivity index (χ4n) is 3.30. The molecule has 0 aromatic carbocycles. The summed E-state index contributed by atoms with van der Waals surface area (Å²) in [6.07, 6.45) is 7.94. The van der Waals surface area contributed by atoms with E-state index in [0.29, 0.717) is 36.8 Å². The van der Waals surface area contributed by atoms with E-state index in [1.54, 1.807) is 17.4 Å². The van der Waals surface area contributed by atoms with Gasteiger partial charge in [0.05, 0.1) is 12.4 Å². The number of rotatable bonds is 5. The number of aromatic nitrogens is 2. The second-order valence-corrected chi connectivity index (χ2v) is 7.19. The molecule has 134 valence electrons. The lowest BCUT2D eigenvalue weighted by Crippen LogP contribution is -2.33. The Morgan fingerprint density at radius 2 is 2.24 bits per heavy atom. The van der Waals surface area contributed by atoms with Crippen LogP contribution < -0.4 is 5.63 Å². The van der Waals surface area contributed by atoms with Crippen LogP contribution in [-0.2, 0) is 6.42 Å². The number of imidazole rings is 1. The van der Waals surface area contributed by atoms with Gasteiger partial charge in [-0.2, -0.15) is 0 Å². The summed E-state index contributed by atoms with van der Waals surface area (Å²) in [4.78, 5) is 31.0. The Morgan fingerprint density at radius 3 is 2.88 bits per heavy atom. The topological polar surface area (TPSA) is 68.3 Å². The van der Waals surface area contributed by atoms with E-state index in [4.69, 9.17) is 4.42 Å². The van der Waals surface area contributed by atoms with Crippen molar-refractivity contribution in [1.82, 2.24) is 14.5 Å². The molecule has 1 saturated heterocycles. The molecule has 0 radical (unpaired) electrons. The number of hydrogen-bond donors (Lipinski definition) is 0. The molecule has 2 aromatic rings. The van der Waals surface area contributed by atoms with E-state index < -0.39 is 5.63 Å². The third kappa shape index (κ3) is 3.83. The van der Waals surface area contributed by atoms with E-state index in [0.717, 1.165) is 12.8 Å². The summed E-state index contributed by atoms with van der Waals surface area (Å²) in [6.45, 7) is 7.30. The minimum atomic E-state index is -0.519. The van der Waals surface area contributed by atoms with E-state index in [-0.39, 0.29) is 17.5 Å². The molecule has 1 atom stereocenters. The molecule has 1 aliphatic rings. The van der Waals surface area contributed by atoms with Crippen LogP contribution in [0.2, 0.25) is 0 Å². The van der Waals surface area contributed by atoms with Crippen LogP contribution in [0.4, 0.5) is 0 Å². The van der Waals surface area contributed by atoms with E-state index in [9.17, 15) is 9.59 Å². The zero-order valence-corrected chi connectivity index (χ0v) is 15.1. The first-order chi connectivity index (χ1) is 12.0. The first kappa shape index (κ1) is 17.5. The minimum Gasteiger partial charge on any atom is -0.427 e. The molecule has 1 amide bonds. The van der Waals surface area contributed by atoms with Gasteiger partial charge in [0.25, 0.3) is 5.91 Å². The van der Waals surface area contributed by atoms with E-state index in [2.05, 4.69) is 18.8 Å². The van der Waals surface area contributed by atoms with E-state index in [1.165, 1.54) is 0 Å². The number of likely N-dealkylation sites (tertiary alicyclic amines) is 1. The van der Waals surface area contributed by atoms with Crippen molar-refractivity contribution >= 4 is 5.91 Å². The Hall–Kier alpha value is -2.37. The molecule has 3 rings (SSSR count). The maximum atomic E-state index is 12.8. The number of hydrogen-bond acceptors (Lipinski definition) is 4. The lowest BCUT2D eigenvalue weighted by atomic mass is 10.0. The standard InChI is InChI=1S/C19H25N3O3/c1-13(2)4-5-16-10-14(3)17(19(24)25-16)18(23)21-8-6-15(11-21)22-9-7-20-12-22/h7,9-10,12-13,15H,4-6,8,11H2,1-3H3. The van der Waals surface area contributed by atoms with Crippen LogP contribution in [0.5, 0.6) is 0 Å². The highest BCUT2D eigenvalue weighted by atomic mass is 16.4. The van der Waals surface area contributed by atoms with Gasteiger partial charge in [-0.05, 0) is 37.3 Å². The largest absolute Gasteiger partial charge is 0.427 e. The van der Waals surface area contributed by atoms with Crippen molar-refractivity contribution in [3.05, 3.63) is 52.1 Å². The smallest absolute Gasteiger partial charge is 0.349 e. The van der Waals surface area contributed by atoms with Crippen LogP contribution in [0, 0.1) is 12.8 Å². The van der Waals surface area contributed by atoms with E-state index >= 15 is 0 Å². The molecule has 1 aliphatic heterocycles. The van der Waals surface area contributed by atoms with Gasteiger partial charge in [0.15, 0.2) is 0 Å². The van der Waals surface area contributed by atoms with Gasteiger partial charge >= 0.3 is 5.63 Å². The number of amides is 1. The van der Waals surface area contributed by atoms with Gasteiger partial charge in [-0.1, -0.05) is 13.8 Å². The fraction of sp³-hybridized carbons (Fsp3) is 0.526. The molecule has 0 spiro atoms. The van der Waals surface area contributed by atoms with Crippen molar-refractivity contribution in [3.63, 3.8) is 0 Å². The third-order valence-electron chi connectivity index (χ3n) is 4.78. The Bertz CT molecular complexity index is 793. The van der Waals surface area contributed by atoms with Gasteiger partial charge in [-0.15, -0.1) is 0 Å². The first-order valence-electron chi connectivity index (χ1n) is 8.86. The van der Waals surface area contributed by atoms with Gasteiger partial charge in [-0.3, -0.25) is 4.79 Å². The Kier molecular flexibility index (Phi) is 5.06. The van der Waals surface area contributed by atoms with Gasteiger partial charge < -0.3 is 13.9 Å². The van der Waals surface area contributed by atoms with E-state index in [1.807, 2.05) is 23.8 Å². The first-order valence-corrected chi connectivity index (χ1v) is 8.86. The van der Waals surface area contributed by atoms with Crippen LogP contribution in [0.1, 0.15) is 54.4 Å². The minimum absolute atomic E-state index is 0.166. The molecule has 0 saturated carbocycles. The molecule has 1 unspecified atom stereocenters. The van der Waals surface area contributed by atoms with Crippen molar-refractivity contribution in [3.8, 4) is 0 Å². The molecule has 0 bridgehead atoms. The molecule has 1 fully saturated rings. The van der Waals surface area contributed by atoms with Crippen LogP contribution in [0.3, 0.4) is 0 Å². The normalized spacial score (nSPS) is 17.4. The Labute approximate surface area is 147 Å². The van der Waals surface area contributed by atoms with Crippen LogP contribution in [0.15, 0.2) is 34.0 Å². The van der Waals surface area contributed by atoms with Crippen molar-refractivity contribution in [2.45, 2.75) is 46.1 Å². The highest BCUT2D eigenvalue weighted by Gasteiger charge is 2.30. The molecule has 3 heterocycles. The summed E-state index contributed by atoms with van der Waals surface area (Å²) in [5, 5.41) is 0. The molecule has 0 N–H and O–H groups in total. The Morgan fingerprint density at radius 1 is 1.44 bits per heavy atom. The fourth-order valence-corrected chi connectivity index (χ4v) is 3.30. The number of carbonyl (C=O) groups is 1. The molecule has 2 aromatic heterocycles. The number of aryl methyl sites for hydroxylation is 2. The predicted octanol–water partition coefficient (Wildman–Crippen LogP) is 2.82. The quantitative estimate of drug-likeness (QED) is 0.837. The summed E-state index contributed by atoms with van der Waals surface area (Å²) in [5.41, 5.74) is 0.348. The van der Waals surface area contributed by atoms with Gasteiger partial charge in [0.2, 0.25) is 0 Å². The molecule has 6 nitrogen and oxygen atoms in total. The van der Waals surface area contributed by atoms with Crippen LogP contribution >= 0.6 is 0 Å². The summed E-state index contributed by atoms with van der Waals surface area (Å²) < 4.78 is 7.41. The molecule has 25 heavy (non-hydrogen) atoms. The maximum Gasteiger partial charge on any atom is 0.349 e.